The van der Waals surface area contributed by atoms with Crippen molar-refractivity contribution in [1.29, 1.82) is 0 Å². The van der Waals surface area contributed by atoms with E-state index >= 15 is 0 Å². The van der Waals surface area contributed by atoms with Crippen LogP contribution in [0.1, 0.15) is 43.7 Å². The molecule has 2 fully saturated rings. The highest BCUT2D eigenvalue weighted by Gasteiger charge is 2.64. The minimum absolute atomic E-state index is 0.00497. The quantitative estimate of drug-likeness (QED) is 0.209. The molecule has 2 aromatic carbocycles. The van der Waals surface area contributed by atoms with E-state index in [2.05, 4.69) is 40.0 Å². The maximum Gasteiger partial charge on any atom is 0.269 e. The standard InChI is InChI=1S/C24H26IN3O5/c1-24-10-4-3-5-18(24)21(24)23(29)27-26-13-16-11-19(25)22(20(12-16)32-2)33-14-15-6-8-17(9-7-15)28(30)31/h6-9,11-13,18,21H,3-5,10,14H2,1-2H3,(H,27,29)/b26-13-/t18-,21+,24+/m1/s1. The maximum absolute atomic E-state index is 12.6. The number of fused-ring (bicyclic) bond motifs is 1. The Hall–Kier alpha value is -2.69. The lowest BCUT2D eigenvalue weighted by Gasteiger charge is -2.15. The number of halogens is 1. The van der Waals surface area contributed by atoms with Gasteiger partial charge in [-0.25, -0.2) is 5.43 Å². The zero-order chi connectivity index (χ0) is 23.6. The van der Waals surface area contributed by atoms with E-state index in [1.807, 2.05) is 6.07 Å². The molecular weight excluding hydrogens is 537 g/mol. The fourth-order valence-electron chi connectivity index (χ4n) is 4.91. The first-order chi connectivity index (χ1) is 15.8. The molecule has 33 heavy (non-hydrogen) atoms. The molecule has 0 radical (unpaired) electrons. The largest absolute Gasteiger partial charge is 0.493 e. The van der Waals surface area contributed by atoms with Crippen LogP contribution in [-0.4, -0.2) is 24.2 Å². The number of nitro benzene ring substituents is 1. The molecule has 0 heterocycles. The van der Waals surface area contributed by atoms with Gasteiger partial charge in [0.05, 0.1) is 21.8 Å². The molecular formula is C24H26IN3O5. The van der Waals surface area contributed by atoms with Gasteiger partial charge in [-0.05, 0) is 82.2 Å². The third-order valence-electron chi connectivity index (χ3n) is 6.78. The van der Waals surface area contributed by atoms with Crippen LogP contribution in [0.15, 0.2) is 41.5 Å². The molecule has 2 aromatic rings. The molecule has 2 saturated carbocycles. The average Bonchev–Trinajstić information content (AvgIpc) is 3.43. The molecule has 0 spiro atoms. The summed E-state index contributed by atoms with van der Waals surface area (Å²) < 4.78 is 12.2. The number of benzene rings is 2. The van der Waals surface area contributed by atoms with Crippen LogP contribution < -0.4 is 14.9 Å². The van der Waals surface area contributed by atoms with Gasteiger partial charge in [-0.3, -0.25) is 14.9 Å². The number of methoxy groups -OCH3 is 1. The van der Waals surface area contributed by atoms with Gasteiger partial charge >= 0.3 is 0 Å². The van der Waals surface area contributed by atoms with Gasteiger partial charge in [0.25, 0.3) is 5.69 Å². The van der Waals surface area contributed by atoms with E-state index in [9.17, 15) is 14.9 Å². The lowest BCUT2D eigenvalue weighted by molar-refractivity contribution is -0.384. The van der Waals surface area contributed by atoms with Crippen molar-refractivity contribution >= 4 is 40.4 Å². The lowest BCUT2D eigenvalue weighted by atomic mass is 9.90. The smallest absolute Gasteiger partial charge is 0.269 e. The Morgan fingerprint density at radius 2 is 2.09 bits per heavy atom. The Balaban J connectivity index is 1.38. The van der Waals surface area contributed by atoms with Crippen LogP contribution in [0.25, 0.3) is 0 Å². The molecule has 2 aliphatic rings. The van der Waals surface area contributed by atoms with E-state index < -0.39 is 4.92 Å². The van der Waals surface area contributed by atoms with Crippen molar-refractivity contribution in [1.82, 2.24) is 5.43 Å². The van der Waals surface area contributed by atoms with Crippen LogP contribution in [0.5, 0.6) is 11.5 Å². The van der Waals surface area contributed by atoms with Gasteiger partial charge < -0.3 is 9.47 Å². The number of ether oxygens (including phenoxy) is 2. The predicted molar refractivity (Wildman–Crippen MR) is 132 cm³/mol. The fraction of sp³-hybridized carbons (Fsp3) is 0.417. The van der Waals surface area contributed by atoms with Crippen LogP contribution in [0, 0.1) is 30.9 Å². The van der Waals surface area contributed by atoms with Gasteiger partial charge in [-0.1, -0.05) is 19.8 Å². The SMILES string of the molecule is COc1cc(/C=N\NC(=O)[C@@H]2[C@H]3CCCC[C@@]32C)cc(I)c1OCc1ccc([N+](=O)[O-])cc1. The van der Waals surface area contributed by atoms with Crippen LogP contribution in [-0.2, 0) is 11.4 Å². The molecule has 0 aliphatic heterocycles. The Kier molecular flexibility index (Phi) is 6.87. The topological polar surface area (TPSA) is 103 Å². The van der Waals surface area contributed by atoms with Gasteiger partial charge in [0.2, 0.25) is 5.91 Å². The summed E-state index contributed by atoms with van der Waals surface area (Å²) in [7, 11) is 1.56. The summed E-state index contributed by atoms with van der Waals surface area (Å²) in [4.78, 5) is 22.9. The molecule has 0 aromatic heterocycles. The Labute approximate surface area is 206 Å². The summed E-state index contributed by atoms with van der Waals surface area (Å²) in [6.07, 6.45) is 6.28. The number of carbonyl (C=O) groups is 1. The third kappa shape index (κ3) is 4.97. The van der Waals surface area contributed by atoms with E-state index in [-0.39, 0.29) is 29.5 Å². The molecule has 0 saturated heterocycles. The number of nitro groups is 1. The Bertz CT molecular complexity index is 1090. The molecule has 0 unspecified atom stereocenters. The second kappa shape index (κ2) is 9.66. The predicted octanol–water partition coefficient (Wildman–Crippen LogP) is 5.06. The van der Waals surface area contributed by atoms with Gasteiger partial charge in [0.1, 0.15) is 6.61 Å². The van der Waals surface area contributed by atoms with Crippen molar-refractivity contribution in [2.75, 3.05) is 7.11 Å². The molecule has 0 bridgehead atoms. The zero-order valence-corrected chi connectivity index (χ0v) is 20.7. The van der Waals surface area contributed by atoms with Crippen molar-refractivity contribution < 1.29 is 19.2 Å². The van der Waals surface area contributed by atoms with Crippen LogP contribution in [0.3, 0.4) is 0 Å². The van der Waals surface area contributed by atoms with E-state index in [1.165, 1.54) is 25.0 Å². The van der Waals surface area contributed by atoms with Gasteiger partial charge in [0, 0.05) is 18.1 Å². The van der Waals surface area contributed by atoms with E-state index in [4.69, 9.17) is 9.47 Å². The number of non-ortho nitro benzene ring substituents is 1. The molecule has 9 heteroatoms. The van der Waals surface area contributed by atoms with E-state index in [0.29, 0.717) is 17.4 Å². The number of amides is 1. The van der Waals surface area contributed by atoms with Gasteiger partial charge in [0.15, 0.2) is 11.5 Å². The summed E-state index contributed by atoms with van der Waals surface area (Å²) in [5.74, 6) is 1.69. The highest BCUT2D eigenvalue weighted by Crippen LogP contribution is 2.66. The fourth-order valence-corrected chi connectivity index (χ4v) is 5.70. The number of carbonyl (C=O) groups excluding carboxylic acids is 1. The van der Waals surface area contributed by atoms with Crippen LogP contribution in [0.2, 0.25) is 0 Å². The van der Waals surface area contributed by atoms with E-state index in [0.717, 1.165) is 27.5 Å². The number of nitrogens with zero attached hydrogens (tertiary/aromatic N) is 2. The number of nitrogens with one attached hydrogen (secondary N) is 1. The van der Waals surface area contributed by atoms with Crippen molar-refractivity contribution in [3.05, 3.63) is 61.2 Å². The highest BCUT2D eigenvalue weighted by atomic mass is 127. The number of rotatable bonds is 8. The lowest BCUT2D eigenvalue weighted by Crippen LogP contribution is -2.22. The summed E-state index contributed by atoms with van der Waals surface area (Å²) in [5, 5.41) is 15.0. The summed E-state index contributed by atoms with van der Waals surface area (Å²) >= 11 is 2.16. The summed E-state index contributed by atoms with van der Waals surface area (Å²) in [6, 6.07) is 9.91. The monoisotopic (exact) mass is 563 g/mol. The van der Waals surface area contributed by atoms with Crippen molar-refractivity contribution in [3.63, 3.8) is 0 Å². The second-order valence-corrected chi connectivity index (χ2v) is 9.98. The van der Waals surface area contributed by atoms with Crippen LogP contribution in [0.4, 0.5) is 5.69 Å². The summed E-state index contributed by atoms with van der Waals surface area (Å²) in [5.41, 5.74) is 4.49. The molecule has 2 aliphatic carbocycles. The molecule has 1 amide bonds. The Morgan fingerprint density at radius 3 is 2.73 bits per heavy atom. The first-order valence-corrected chi connectivity index (χ1v) is 12.0. The maximum atomic E-state index is 12.6. The van der Waals surface area contributed by atoms with E-state index in [1.54, 1.807) is 31.5 Å². The second-order valence-electron chi connectivity index (χ2n) is 8.82. The summed E-state index contributed by atoms with van der Waals surface area (Å²) in [6.45, 7) is 2.46. The number of hydrogen-bond acceptors (Lipinski definition) is 6. The normalized spacial score (nSPS) is 23.6. The minimum Gasteiger partial charge on any atom is -0.493 e. The average molecular weight is 563 g/mol. The molecule has 3 atom stereocenters. The first kappa shape index (κ1) is 23.5. The highest BCUT2D eigenvalue weighted by molar-refractivity contribution is 14.1. The molecule has 174 valence electrons. The van der Waals surface area contributed by atoms with Gasteiger partial charge in [-0.15, -0.1) is 0 Å². The van der Waals surface area contributed by atoms with Crippen molar-refractivity contribution in [2.45, 2.75) is 39.2 Å². The first-order valence-electron chi connectivity index (χ1n) is 10.9. The molecule has 4 rings (SSSR count). The minimum atomic E-state index is -0.433. The number of hydrazone groups is 1. The molecule has 8 nitrogen and oxygen atoms in total. The van der Waals surface area contributed by atoms with Crippen LogP contribution >= 0.6 is 22.6 Å². The van der Waals surface area contributed by atoms with Crippen molar-refractivity contribution in [2.24, 2.45) is 22.4 Å². The van der Waals surface area contributed by atoms with Crippen molar-refractivity contribution in [3.8, 4) is 11.5 Å². The Morgan fingerprint density at radius 1 is 1.33 bits per heavy atom. The molecule has 1 N–H and O–H groups in total. The third-order valence-corrected chi connectivity index (χ3v) is 7.59. The zero-order valence-electron chi connectivity index (χ0n) is 18.5. The van der Waals surface area contributed by atoms with Gasteiger partial charge in [-0.2, -0.15) is 5.10 Å². The number of hydrogen-bond donors (Lipinski definition) is 1.